The molecular formula is C56H80F2N5O13PS. The van der Waals surface area contributed by atoms with Crippen molar-refractivity contribution < 1.29 is 70.9 Å². The lowest BCUT2D eigenvalue weighted by Crippen LogP contribution is -2.70. The third-order valence-electron chi connectivity index (χ3n) is 16.8. The number of allylic oxidation sites excluding steroid dienone is 5. The predicted molar refractivity (Wildman–Crippen MR) is 291 cm³/mol. The number of hydrogen-bond donors (Lipinski definition) is 7. The fourth-order valence-electron chi connectivity index (χ4n) is 12.6. The molecule has 1 aromatic rings. The van der Waals surface area contributed by atoms with E-state index in [1.807, 2.05) is 6.08 Å². The molecule has 0 aliphatic heterocycles. The molecule has 0 radical (unpaired) electrons. The average molecular weight is 1130 g/mol. The largest absolute Gasteiger partial charge is 0.449 e. The van der Waals surface area contributed by atoms with Crippen molar-refractivity contribution in [3.8, 4) is 0 Å². The molecule has 22 heteroatoms. The number of nitrogens with two attached hydrogens (primary N) is 1. The van der Waals surface area contributed by atoms with Gasteiger partial charge < -0.3 is 51.0 Å². The van der Waals surface area contributed by atoms with Gasteiger partial charge in [0.2, 0.25) is 22.8 Å². The van der Waals surface area contributed by atoms with Crippen LogP contribution < -0.4 is 27.0 Å². The van der Waals surface area contributed by atoms with Crippen molar-refractivity contribution in [2.24, 2.45) is 40.2 Å². The van der Waals surface area contributed by atoms with Gasteiger partial charge >= 0.3 is 19.6 Å². The van der Waals surface area contributed by atoms with E-state index in [9.17, 15) is 48.1 Å². The van der Waals surface area contributed by atoms with Crippen molar-refractivity contribution in [3.63, 3.8) is 0 Å². The number of ketones is 1. The molecule has 18 nitrogen and oxygen atoms in total. The van der Waals surface area contributed by atoms with Crippen LogP contribution in [0.1, 0.15) is 131 Å². The van der Waals surface area contributed by atoms with Gasteiger partial charge in [0.15, 0.2) is 17.1 Å². The Balaban J connectivity index is 1.01. The fraction of sp³-hybridized carbons (Fsp3) is 0.661. The molecule has 5 amide bonds. The molecule has 3 fully saturated rings. The number of urea groups is 1. The van der Waals surface area contributed by atoms with E-state index in [2.05, 4.69) is 27.3 Å². The van der Waals surface area contributed by atoms with Crippen molar-refractivity contribution in [1.29, 1.82) is 0 Å². The zero-order chi connectivity index (χ0) is 57.2. The van der Waals surface area contributed by atoms with Gasteiger partial charge in [0.05, 0.1) is 25.0 Å². The van der Waals surface area contributed by atoms with Gasteiger partial charge in [-0.3, -0.25) is 33.3 Å². The molecule has 0 aromatic heterocycles. The van der Waals surface area contributed by atoms with Gasteiger partial charge in [0.25, 0.3) is 0 Å². The number of amides is 5. The lowest BCUT2D eigenvalue weighted by molar-refractivity contribution is -0.228. The molecule has 13 atom stereocenters. The quantitative estimate of drug-likeness (QED) is 0.0227. The van der Waals surface area contributed by atoms with Gasteiger partial charge in [-0.25, -0.2) is 13.6 Å². The zero-order valence-corrected chi connectivity index (χ0v) is 47.4. The molecular weight excluding hydrogens is 1050 g/mol. The Morgan fingerprint density at radius 1 is 0.987 bits per heavy atom. The van der Waals surface area contributed by atoms with E-state index in [0.717, 1.165) is 49.9 Å². The maximum Gasteiger partial charge on any atom is 0.328 e. The molecule has 6 rings (SSSR count). The minimum atomic E-state index is -4.16. The number of alkyl halides is 2. The third kappa shape index (κ3) is 14.0. The first kappa shape index (κ1) is 62.4. The number of rotatable bonds is 24. The standard InChI is InChI=1S/C56H80F2N5O13PS/c1-7-47(67)76-56(35(4)28-40-41-30-43(57)42-29-38(64)23-24-53(42,5)55(41,58)45(65)31-54(40,56)6)51(70)78-27-14-13-26-77(72,73)75-32-36-19-21-37(22-20-36)61-49(68)44(18-15-25-60-52(59)71)62-50(69)48(34(2)3)63-46(66)33-74-39-16-11-9-8-10-12-17-39/h11,16,19-24,29,34-35,39-41,43-45,48,65H,7-10,12-15,17-18,25-28,30-33H2,1-6H3,(H,61,68)(H,62,69)(H,63,66)(H,72,73)(H3,59,60,71)/b16-11-/t35-,39?,40+,41+,43+,44?,45+,48?,53+,54+,55+,56+/m1/s1. The molecule has 432 valence electrons. The Morgan fingerprint density at radius 3 is 2.41 bits per heavy atom. The highest BCUT2D eigenvalue weighted by Crippen LogP contribution is 2.72. The summed E-state index contributed by atoms with van der Waals surface area (Å²) in [4.78, 5) is 102. The van der Waals surface area contributed by atoms with Crippen LogP contribution in [0.5, 0.6) is 0 Å². The van der Waals surface area contributed by atoms with Crippen LogP contribution in [0.2, 0.25) is 0 Å². The van der Waals surface area contributed by atoms with Crippen LogP contribution >= 0.6 is 19.4 Å². The summed E-state index contributed by atoms with van der Waals surface area (Å²) in [6.45, 7) is 9.71. The minimum Gasteiger partial charge on any atom is -0.449 e. The number of carbonyl (C=O) groups excluding carboxylic acids is 7. The van der Waals surface area contributed by atoms with E-state index in [1.165, 1.54) is 19.1 Å². The first-order valence-corrected chi connectivity index (χ1v) is 30.2. The highest BCUT2D eigenvalue weighted by atomic mass is 32.2. The Morgan fingerprint density at radius 2 is 1.72 bits per heavy atom. The molecule has 0 spiro atoms. The van der Waals surface area contributed by atoms with E-state index in [1.54, 1.807) is 58.9 Å². The number of carbonyl (C=O) groups is 7. The summed E-state index contributed by atoms with van der Waals surface area (Å²) in [5.41, 5.74) is -1.06. The van der Waals surface area contributed by atoms with E-state index in [-0.39, 0.29) is 101 Å². The van der Waals surface area contributed by atoms with E-state index >= 15 is 8.78 Å². The molecule has 0 bridgehead atoms. The van der Waals surface area contributed by atoms with Gasteiger partial charge in [0, 0.05) is 47.1 Å². The van der Waals surface area contributed by atoms with E-state index < -0.39 is 112 Å². The lowest BCUT2D eigenvalue weighted by atomic mass is 9.44. The summed E-state index contributed by atoms with van der Waals surface area (Å²) in [6, 6.07) is 3.47. The summed E-state index contributed by atoms with van der Waals surface area (Å²) in [5, 5.41) is 22.1. The van der Waals surface area contributed by atoms with Crippen LogP contribution in [0, 0.1) is 34.5 Å². The second-order valence-electron chi connectivity index (χ2n) is 22.4. The normalized spacial score (nSPS) is 31.3. The lowest BCUT2D eigenvalue weighted by Gasteiger charge is -2.63. The first-order valence-electron chi connectivity index (χ1n) is 27.4. The summed E-state index contributed by atoms with van der Waals surface area (Å²) < 4.78 is 64.6. The van der Waals surface area contributed by atoms with Crippen molar-refractivity contribution in [2.45, 2.75) is 173 Å². The second-order valence-corrected chi connectivity index (χ2v) is 25.5. The number of hydrogen-bond acceptors (Lipinski definition) is 13. The highest BCUT2D eigenvalue weighted by Gasteiger charge is 2.78. The average Bonchev–Trinajstić information content (AvgIpc) is 3.85. The van der Waals surface area contributed by atoms with Crippen molar-refractivity contribution in [2.75, 3.05) is 30.4 Å². The van der Waals surface area contributed by atoms with Crippen LogP contribution in [0.15, 0.2) is 60.2 Å². The number of benzene rings is 1. The van der Waals surface area contributed by atoms with Crippen LogP contribution in [-0.2, 0) is 53.9 Å². The third-order valence-corrected chi connectivity index (χ3v) is 19.2. The molecule has 3 saturated carbocycles. The van der Waals surface area contributed by atoms with Crippen LogP contribution in [0.25, 0.3) is 0 Å². The molecule has 78 heavy (non-hydrogen) atoms. The molecule has 8 N–H and O–H groups in total. The van der Waals surface area contributed by atoms with Gasteiger partial charge in [0.1, 0.15) is 24.9 Å². The van der Waals surface area contributed by atoms with Crippen molar-refractivity contribution >= 4 is 65.7 Å². The number of fused-ring (bicyclic) bond motifs is 5. The number of esters is 1. The number of aliphatic hydroxyl groups is 1. The fourth-order valence-corrected chi connectivity index (χ4v) is 14.9. The molecule has 5 aliphatic rings. The van der Waals surface area contributed by atoms with Gasteiger partial charge in [-0.15, -0.1) is 0 Å². The van der Waals surface area contributed by atoms with E-state index in [0.29, 0.717) is 11.3 Å². The molecule has 0 saturated heterocycles. The number of nitrogens with one attached hydrogen (secondary N) is 4. The number of thioether (sulfide) groups is 1. The number of anilines is 1. The number of primary amides is 1. The first-order chi connectivity index (χ1) is 36.8. The summed E-state index contributed by atoms with van der Waals surface area (Å²) in [5.74, 6) is -5.34. The maximum atomic E-state index is 17.9. The SMILES string of the molecule is CCC(=O)O[C@]1(C(=O)SCCCCP(=O)(O)OCc2ccc(NC(=O)C(CCCNC(N)=O)NC(=O)C(NC(=O)COC3/C=C\CCCCC3)C(C)C)cc2)[C@H](C)C[C@H]2[C@@H]3C[C@H](F)C4=CC(=O)C=C[C@]4(C)[C@@]3(F)[C@@H](O)C[C@@]21C. The number of halogens is 2. The van der Waals surface area contributed by atoms with Crippen molar-refractivity contribution in [1.82, 2.24) is 16.0 Å². The molecule has 1 aromatic carbocycles. The van der Waals surface area contributed by atoms with Gasteiger partial charge in [-0.1, -0.05) is 89.6 Å². The topological polar surface area (TPSA) is 279 Å². The molecule has 5 aliphatic carbocycles. The van der Waals surface area contributed by atoms with E-state index in [4.69, 9.17) is 19.7 Å². The summed E-state index contributed by atoms with van der Waals surface area (Å²) in [6.07, 6.45) is 9.18. The Bertz CT molecular complexity index is 2520. The van der Waals surface area contributed by atoms with Gasteiger partial charge in [-0.05, 0) is 118 Å². The summed E-state index contributed by atoms with van der Waals surface area (Å²) >= 11 is 0.891. The van der Waals surface area contributed by atoms with Crippen LogP contribution in [0.3, 0.4) is 0 Å². The maximum absolute atomic E-state index is 17.9. The smallest absolute Gasteiger partial charge is 0.328 e. The van der Waals surface area contributed by atoms with Crippen LogP contribution in [-0.4, -0.2) is 117 Å². The van der Waals surface area contributed by atoms with Gasteiger partial charge in [-0.2, -0.15) is 0 Å². The molecule has 0 heterocycles. The number of unbranched alkanes of at least 4 members (excludes halogenated alkanes) is 1. The number of ether oxygens (including phenoxy) is 2. The second kappa shape index (κ2) is 26.7. The Kier molecular flexibility index (Phi) is 21.3. The minimum absolute atomic E-state index is 0.0190. The highest BCUT2D eigenvalue weighted by molar-refractivity contribution is 8.13. The van der Waals surface area contributed by atoms with Crippen LogP contribution in [0.4, 0.5) is 19.3 Å². The zero-order valence-electron chi connectivity index (χ0n) is 45.7. The monoisotopic (exact) mass is 1130 g/mol. The Labute approximate surface area is 460 Å². The summed E-state index contributed by atoms with van der Waals surface area (Å²) in [7, 11) is -4.16. The predicted octanol–water partition coefficient (Wildman–Crippen LogP) is 7.60. The molecule has 4 unspecified atom stereocenters. The number of aliphatic hydroxyl groups excluding tert-OH is 1. The van der Waals surface area contributed by atoms with Crippen molar-refractivity contribution in [3.05, 3.63) is 65.8 Å². The Hall–Kier alpha value is -4.79.